The Balaban J connectivity index is 2.02. The maximum Gasteiger partial charge on any atom is 0.421 e. The van der Waals surface area contributed by atoms with Gasteiger partial charge in [0.05, 0.1) is 12.2 Å². The van der Waals surface area contributed by atoms with E-state index in [1.54, 1.807) is 16.7 Å². The summed E-state index contributed by atoms with van der Waals surface area (Å²) in [6.07, 6.45) is 2.41. The molecule has 2 aromatic rings. The Morgan fingerprint density at radius 2 is 2.06 bits per heavy atom. The minimum Gasteiger partial charge on any atom is -0.408 e. The van der Waals surface area contributed by atoms with Gasteiger partial charge in [-0.05, 0) is 38.1 Å². The van der Waals surface area contributed by atoms with Crippen LogP contribution < -0.4 is 5.76 Å². The lowest BCUT2D eigenvalue weighted by atomic mass is 10.3. The Hall–Kier alpha value is -1.26. The van der Waals surface area contributed by atoms with Crippen molar-refractivity contribution in [1.82, 2.24) is 9.47 Å². The Kier molecular flexibility index (Phi) is 2.68. The Morgan fingerprint density at radius 1 is 1.29 bits per heavy atom. The number of aromatic nitrogens is 1. The molecule has 0 bridgehead atoms. The van der Waals surface area contributed by atoms with E-state index in [-0.39, 0.29) is 5.76 Å². The number of rotatable bonds is 2. The van der Waals surface area contributed by atoms with Gasteiger partial charge in [-0.15, -0.1) is 0 Å². The van der Waals surface area contributed by atoms with Crippen molar-refractivity contribution in [3.63, 3.8) is 0 Å². The molecule has 0 aliphatic carbocycles. The van der Waals surface area contributed by atoms with Gasteiger partial charge in [0.2, 0.25) is 0 Å². The van der Waals surface area contributed by atoms with Crippen LogP contribution in [0.5, 0.6) is 0 Å². The molecular formula is C12H13ClN2O2. The van der Waals surface area contributed by atoms with E-state index in [9.17, 15) is 4.79 Å². The van der Waals surface area contributed by atoms with E-state index in [2.05, 4.69) is 4.90 Å². The lowest BCUT2D eigenvalue weighted by Gasteiger charge is -2.14. The van der Waals surface area contributed by atoms with Gasteiger partial charge in [0.25, 0.3) is 0 Å². The van der Waals surface area contributed by atoms with E-state index in [4.69, 9.17) is 16.0 Å². The molecule has 1 aromatic heterocycles. The van der Waals surface area contributed by atoms with Crippen molar-refractivity contribution in [2.45, 2.75) is 19.5 Å². The zero-order valence-electron chi connectivity index (χ0n) is 9.36. The lowest BCUT2D eigenvalue weighted by Crippen LogP contribution is -2.28. The first kappa shape index (κ1) is 10.9. The van der Waals surface area contributed by atoms with Crippen LogP contribution in [0.1, 0.15) is 12.8 Å². The quantitative estimate of drug-likeness (QED) is 0.823. The monoisotopic (exact) mass is 252 g/mol. The van der Waals surface area contributed by atoms with Crippen LogP contribution in [-0.2, 0) is 6.67 Å². The smallest absolute Gasteiger partial charge is 0.408 e. The zero-order valence-corrected chi connectivity index (χ0v) is 10.1. The summed E-state index contributed by atoms with van der Waals surface area (Å²) < 4.78 is 6.85. The van der Waals surface area contributed by atoms with Crippen molar-refractivity contribution in [1.29, 1.82) is 0 Å². The van der Waals surface area contributed by atoms with Crippen LogP contribution >= 0.6 is 11.6 Å². The fraction of sp³-hybridized carbons (Fsp3) is 0.417. The zero-order chi connectivity index (χ0) is 11.8. The SMILES string of the molecule is O=c1oc2cc(Cl)ccc2n1CN1CCCC1. The largest absolute Gasteiger partial charge is 0.421 e. The van der Waals surface area contributed by atoms with Crippen molar-refractivity contribution in [2.75, 3.05) is 13.1 Å². The molecule has 0 spiro atoms. The molecule has 0 amide bonds. The topological polar surface area (TPSA) is 38.4 Å². The number of likely N-dealkylation sites (tertiary alicyclic amines) is 1. The van der Waals surface area contributed by atoms with E-state index in [0.717, 1.165) is 18.6 Å². The van der Waals surface area contributed by atoms with Gasteiger partial charge in [0.1, 0.15) is 0 Å². The molecule has 3 rings (SSSR count). The van der Waals surface area contributed by atoms with Gasteiger partial charge in [-0.25, -0.2) is 4.79 Å². The summed E-state index contributed by atoms with van der Waals surface area (Å²) in [7, 11) is 0. The Morgan fingerprint density at radius 3 is 2.82 bits per heavy atom. The normalized spacial score (nSPS) is 17.0. The maximum atomic E-state index is 11.8. The molecular weight excluding hydrogens is 240 g/mol. The second-order valence-corrected chi connectivity index (χ2v) is 4.81. The van der Waals surface area contributed by atoms with Crippen molar-refractivity contribution in [3.05, 3.63) is 33.8 Å². The minimum atomic E-state index is -0.311. The molecule has 0 N–H and O–H groups in total. The van der Waals surface area contributed by atoms with Crippen LogP contribution in [0.25, 0.3) is 11.1 Å². The van der Waals surface area contributed by atoms with Gasteiger partial charge >= 0.3 is 5.76 Å². The molecule has 1 aliphatic rings. The number of hydrogen-bond acceptors (Lipinski definition) is 3. The summed E-state index contributed by atoms with van der Waals surface area (Å²) >= 11 is 5.87. The molecule has 1 aliphatic heterocycles. The standard InChI is InChI=1S/C12H13ClN2O2/c13-9-3-4-10-11(7-9)17-12(16)15(10)8-14-5-1-2-6-14/h3-4,7H,1-2,5-6,8H2. The number of benzene rings is 1. The lowest BCUT2D eigenvalue weighted by molar-refractivity contribution is 0.263. The highest BCUT2D eigenvalue weighted by atomic mass is 35.5. The highest BCUT2D eigenvalue weighted by Gasteiger charge is 2.16. The molecule has 1 saturated heterocycles. The first-order valence-corrected chi connectivity index (χ1v) is 6.13. The molecule has 0 saturated carbocycles. The number of nitrogens with zero attached hydrogens (tertiary/aromatic N) is 2. The maximum absolute atomic E-state index is 11.8. The van der Waals surface area contributed by atoms with Gasteiger partial charge in [-0.2, -0.15) is 0 Å². The van der Waals surface area contributed by atoms with Gasteiger partial charge in [0.15, 0.2) is 5.58 Å². The fourth-order valence-electron chi connectivity index (χ4n) is 2.30. The van der Waals surface area contributed by atoms with E-state index >= 15 is 0 Å². The van der Waals surface area contributed by atoms with Gasteiger partial charge in [-0.1, -0.05) is 11.6 Å². The molecule has 5 heteroatoms. The van der Waals surface area contributed by atoms with Crippen LogP contribution in [0.2, 0.25) is 5.02 Å². The predicted octanol–water partition coefficient (Wildman–Crippen LogP) is 2.30. The molecule has 0 radical (unpaired) electrons. The highest BCUT2D eigenvalue weighted by molar-refractivity contribution is 6.31. The number of fused-ring (bicyclic) bond motifs is 1. The van der Waals surface area contributed by atoms with Gasteiger partial charge in [0, 0.05) is 11.1 Å². The van der Waals surface area contributed by atoms with Crippen molar-refractivity contribution in [3.8, 4) is 0 Å². The highest BCUT2D eigenvalue weighted by Crippen LogP contribution is 2.19. The summed E-state index contributed by atoms with van der Waals surface area (Å²) in [6, 6.07) is 5.29. The first-order chi connectivity index (χ1) is 8.24. The molecule has 4 nitrogen and oxygen atoms in total. The van der Waals surface area contributed by atoms with Crippen LogP contribution in [0.4, 0.5) is 0 Å². The fourth-order valence-corrected chi connectivity index (χ4v) is 2.46. The van der Waals surface area contributed by atoms with Crippen molar-refractivity contribution < 1.29 is 4.42 Å². The van der Waals surface area contributed by atoms with Crippen LogP contribution in [0, 0.1) is 0 Å². The third kappa shape index (κ3) is 1.98. The van der Waals surface area contributed by atoms with Gasteiger partial charge in [-0.3, -0.25) is 9.47 Å². The van der Waals surface area contributed by atoms with Crippen molar-refractivity contribution >= 4 is 22.7 Å². The Labute approximate surface area is 103 Å². The molecule has 90 valence electrons. The van der Waals surface area contributed by atoms with Crippen LogP contribution in [0.3, 0.4) is 0 Å². The number of halogens is 1. The molecule has 1 aromatic carbocycles. The van der Waals surface area contributed by atoms with Crippen LogP contribution in [-0.4, -0.2) is 22.6 Å². The third-order valence-corrected chi connectivity index (χ3v) is 3.41. The summed E-state index contributed by atoms with van der Waals surface area (Å²) in [4.78, 5) is 14.0. The van der Waals surface area contributed by atoms with Crippen LogP contribution in [0.15, 0.2) is 27.4 Å². The predicted molar refractivity (Wildman–Crippen MR) is 66.3 cm³/mol. The van der Waals surface area contributed by atoms with E-state index in [1.807, 2.05) is 6.07 Å². The first-order valence-electron chi connectivity index (χ1n) is 5.75. The second-order valence-electron chi connectivity index (χ2n) is 4.37. The number of hydrogen-bond donors (Lipinski definition) is 0. The average Bonchev–Trinajstić information content (AvgIpc) is 2.88. The molecule has 0 atom stereocenters. The van der Waals surface area contributed by atoms with E-state index in [1.165, 1.54) is 12.8 Å². The third-order valence-electron chi connectivity index (χ3n) is 3.17. The van der Waals surface area contributed by atoms with Gasteiger partial charge < -0.3 is 4.42 Å². The van der Waals surface area contributed by atoms with Crippen molar-refractivity contribution in [2.24, 2.45) is 0 Å². The molecule has 2 heterocycles. The second kappa shape index (κ2) is 4.20. The summed E-state index contributed by atoms with van der Waals surface area (Å²) in [5, 5.41) is 0.583. The number of oxazole rings is 1. The molecule has 0 unspecified atom stereocenters. The summed E-state index contributed by atoms with van der Waals surface area (Å²) in [5.41, 5.74) is 1.37. The molecule has 17 heavy (non-hydrogen) atoms. The summed E-state index contributed by atoms with van der Waals surface area (Å²) in [5.74, 6) is -0.311. The van der Waals surface area contributed by atoms with E-state index < -0.39 is 0 Å². The summed E-state index contributed by atoms with van der Waals surface area (Å²) in [6.45, 7) is 2.70. The minimum absolute atomic E-state index is 0.311. The molecule has 1 fully saturated rings. The average molecular weight is 253 g/mol. The Bertz CT molecular complexity index is 596. The van der Waals surface area contributed by atoms with E-state index in [0.29, 0.717) is 17.3 Å².